The van der Waals surface area contributed by atoms with Gasteiger partial charge in [0.2, 0.25) is 0 Å². The highest BCUT2D eigenvalue weighted by Crippen LogP contribution is 2.03. The summed E-state index contributed by atoms with van der Waals surface area (Å²) < 4.78 is 1.25. The maximum Gasteiger partial charge on any atom is 0.0779 e. The van der Waals surface area contributed by atoms with Crippen LogP contribution in [0, 0.1) is 11.3 Å². The zero-order valence-corrected chi connectivity index (χ0v) is 11.2. The number of nitriles is 1. The Morgan fingerprint density at radius 1 is 1.14 bits per heavy atom. The summed E-state index contributed by atoms with van der Waals surface area (Å²) in [5, 5.41) is 7.65. The van der Waals surface area contributed by atoms with Gasteiger partial charge in [-0.3, -0.25) is 0 Å². The smallest absolute Gasteiger partial charge is 0.0779 e. The fourth-order valence-corrected chi connectivity index (χ4v) is 1.34. The third-order valence-corrected chi connectivity index (χ3v) is 2.96. The lowest BCUT2D eigenvalue weighted by Gasteiger charge is -2.34. The van der Waals surface area contributed by atoms with Crippen molar-refractivity contribution in [1.82, 2.24) is 0 Å². The average Bonchev–Trinajstić information content (AvgIpc) is 2.23. The third-order valence-electron chi connectivity index (χ3n) is 2.77. The summed E-state index contributed by atoms with van der Waals surface area (Å²) in [6, 6.07) is 1.57. The SMILES string of the molecule is CC[N+](CC)(CC)CC.N#CC(=S)[S-]. The molecule has 0 aromatic carbocycles. The number of quaternary nitrogens is 1. The molecule has 82 valence electrons. The summed E-state index contributed by atoms with van der Waals surface area (Å²) in [5.41, 5.74) is 0. The van der Waals surface area contributed by atoms with E-state index in [0.29, 0.717) is 0 Å². The average molecular weight is 232 g/mol. The van der Waals surface area contributed by atoms with Gasteiger partial charge in [-0.05, 0) is 31.9 Å². The van der Waals surface area contributed by atoms with Gasteiger partial charge < -0.3 is 29.3 Å². The van der Waals surface area contributed by atoms with Crippen molar-refractivity contribution in [2.24, 2.45) is 0 Å². The Bertz CT molecular complexity index is 175. The van der Waals surface area contributed by atoms with E-state index >= 15 is 0 Å². The number of thiocarbonyl (C=S) groups is 1. The molecule has 14 heavy (non-hydrogen) atoms. The maximum atomic E-state index is 7.65. The first kappa shape index (κ1) is 16.2. The van der Waals surface area contributed by atoms with Crippen LogP contribution >= 0.6 is 12.2 Å². The van der Waals surface area contributed by atoms with E-state index in [1.165, 1.54) is 30.7 Å². The molecule has 0 rings (SSSR count). The number of rotatable bonds is 4. The van der Waals surface area contributed by atoms with Crippen LogP contribution in [0.3, 0.4) is 0 Å². The minimum absolute atomic E-state index is 0.0231. The molecule has 0 aliphatic heterocycles. The number of hydrogen-bond acceptors (Lipinski definition) is 3. The molecule has 0 unspecified atom stereocenters. The Kier molecular flexibility index (Phi) is 10.8. The molecule has 0 aromatic heterocycles. The van der Waals surface area contributed by atoms with Crippen LogP contribution in [0.1, 0.15) is 27.7 Å². The van der Waals surface area contributed by atoms with E-state index in [4.69, 9.17) is 5.26 Å². The Balaban J connectivity index is 0. The van der Waals surface area contributed by atoms with Crippen LogP contribution in [0.15, 0.2) is 0 Å². The lowest BCUT2D eigenvalue weighted by Crippen LogP contribution is -2.47. The molecule has 0 saturated heterocycles. The molecular weight excluding hydrogens is 212 g/mol. The van der Waals surface area contributed by atoms with Crippen molar-refractivity contribution >= 4 is 29.0 Å². The molecule has 4 heteroatoms. The zero-order valence-electron chi connectivity index (χ0n) is 9.54. The van der Waals surface area contributed by atoms with Crippen LogP contribution in [0.4, 0.5) is 0 Å². The first-order chi connectivity index (χ1) is 6.51. The van der Waals surface area contributed by atoms with Crippen LogP contribution in [-0.4, -0.2) is 34.9 Å². The highest BCUT2D eigenvalue weighted by molar-refractivity contribution is 8.01. The molecule has 0 aliphatic carbocycles. The van der Waals surface area contributed by atoms with E-state index in [-0.39, 0.29) is 4.20 Å². The van der Waals surface area contributed by atoms with E-state index in [1.54, 1.807) is 6.07 Å². The van der Waals surface area contributed by atoms with Gasteiger partial charge in [-0.2, -0.15) is 5.26 Å². The first-order valence-corrected chi connectivity index (χ1v) is 5.79. The van der Waals surface area contributed by atoms with E-state index in [1.807, 2.05) is 0 Å². The number of hydrogen-bond donors (Lipinski definition) is 0. The van der Waals surface area contributed by atoms with Crippen molar-refractivity contribution < 1.29 is 4.48 Å². The highest BCUT2D eigenvalue weighted by Gasteiger charge is 2.16. The van der Waals surface area contributed by atoms with Gasteiger partial charge in [-0.15, -0.1) is 0 Å². The molecule has 0 fully saturated rings. The molecule has 0 N–H and O–H groups in total. The quantitative estimate of drug-likeness (QED) is 0.422. The third kappa shape index (κ3) is 7.19. The molecule has 0 bridgehead atoms. The molecule has 0 aromatic rings. The molecule has 0 atom stereocenters. The Morgan fingerprint density at radius 2 is 1.36 bits per heavy atom. The van der Waals surface area contributed by atoms with Gasteiger partial charge in [0.25, 0.3) is 0 Å². The minimum atomic E-state index is -0.0231. The van der Waals surface area contributed by atoms with E-state index in [2.05, 4.69) is 52.5 Å². The molecule has 0 heterocycles. The van der Waals surface area contributed by atoms with Crippen molar-refractivity contribution in [3.05, 3.63) is 0 Å². The second-order valence-corrected chi connectivity index (χ2v) is 4.08. The van der Waals surface area contributed by atoms with Crippen LogP contribution in [0.25, 0.3) is 0 Å². The van der Waals surface area contributed by atoms with Crippen molar-refractivity contribution in [1.29, 1.82) is 5.26 Å². The van der Waals surface area contributed by atoms with Crippen molar-refractivity contribution in [3.8, 4) is 6.07 Å². The van der Waals surface area contributed by atoms with Gasteiger partial charge in [0, 0.05) is 0 Å². The van der Waals surface area contributed by atoms with Crippen LogP contribution < -0.4 is 0 Å². The first-order valence-electron chi connectivity index (χ1n) is 4.98. The van der Waals surface area contributed by atoms with Gasteiger partial charge in [-0.25, -0.2) is 0 Å². The molecular formula is C10H20N2S2. The summed E-state index contributed by atoms with van der Waals surface area (Å²) >= 11 is 8.30. The van der Waals surface area contributed by atoms with Crippen LogP contribution in [0.5, 0.6) is 0 Å². The summed E-state index contributed by atoms with van der Waals surface area (Å²) in [6.45, 7) is 14.2. The fourth-order valence-electron chi connectivity index (χ4n) is 1.34. The lowest BCUT2D eigenvalue weighted by atomic mass is 10.3. The fraction of sp³-hybridized carbons (Fsp3) is 0.800. The van der Waals surface area contributed by atoms with Gasteiger partial charge in [-0.1, -0.05) is 0 Å². The summed E-state index contributed by atoms with van der Waals surface area (Å²) in [6.07, 6.45) is 0. The predicted molar refractivity (Wildman–Crippen MR) is 68.0 cm³/mol. The van der Waals surface area contributed by atoms with Crippen molar-refractivity contribution in [2.45, 2.75) is 27.7 Å². The Hall–Kier alpha value is -0.240. The molecule has 0 amide bonds. The molecule has 0 spiro atoms. The summed E-state index contributed by atoms with van der Waals surface area (Å²) in [5.74, 6) is 0. The molecule has 0 radical (unpaired) electrons. The number of nitrogens with zero attached hydrogens (tertiary/aromatic N) is 2. The monoisotopic (exact) mass is 232 g/mol. The van der Waals surface area contributed by atoms with Gasteiger partial charge >= 0.3 is 0 Å². The highest BCUT2D eigenvalue weighted by atomic mass is 32.1. The Labute approximate surface area is 98.9 Å². The van der Waals surface area contributed by atoms with Gasteiger partial charge in [0.1, 0.15) is 0 Å². The van der Waals surface area contributed by atoms with Crippen LogP contribution in [0.2, 0.25) is 0 Å². The largest absolute Gasteiger partial charge is 0.418 e. The topological polar surface area (TPSA) is 23.8 Å². The van der Waals surface area contributed by atoms with Gasteiger partial charge in [0.15, 0.2) is 0 Å². The normalized spacial score (nSPS) is 9.64. The lowest BCUT2D eigenvalue weighted by molar-refractivity contribution is -0.921. The van der Waals surface area contributed by atoms with E-state index < -0.39 is 0 Å². The zero-order chi connectivity index (χ0) is 11.6. The predicted octanol–water partition coefficient (Wildman–Crippen LogP) is 2.27. The second kappa shape index (κ2) is 9.32. The van der Waals surface area contributed by atoms with Crippen molar-refractivity contribution in [2.75, 3.05) is 26.2 Å². The maximum absolute atomic E-state index is 7.65. The molecule has 0 saturated carbocycles. The second-order valence-electron chi connectivity index (χ2n) is 3.01. The molecule has 2 nitrogen and oxygen atoms in total. The Morgan fingerprint density at radius 3 is 1.36 bits per heavy atom. The molecule has 0 aliphatic rings. The van der Waals surface area contributed by atoms with Crippen molar-refractivity contribution in [3.63, 3.8) is 0 Å². The summed E-state index contributed by atoms with van der Waals surface area (Å²) in [4.78, 5) is 0. The van der Waals surface area contributed by atoms with Gasteiger partial charge in [0.05, 0.1) is 32.2 Å². The standard InChI is InChI=1S/C8H20N.C2HNS2/c1-5-9(6-2,7-3)8-4;3-1-2(4)5/h5-8H2,1-4H3;(H,4,5)/q+1;/p-1. The van der Waals surface area contributed by atoms with Crippen LogP contribution in [-0.2, 0) is 12.6 Å². The summed E-state index contributed by atoms with van der Waals surface area (Å²) in [7, 11) is 0. The van der Waals surface area contributed by atoms with E-state index in [0.717, 1.165) is 0 Å². The minimum Gasteiger partial charge on any atom is -0.418 e. The van der Waals surface area contributed by atoms with E-state index in [9.17, 15) is 0 Å².